The average Bonchev–Trinajstić information content (AvgIpc) is 2.60. The highest BCUT2D eigenvalue weighted by molar-refractivity contribution is 7.52. The summed E-state index contributed by atoms with van der Waals surface area (Å²) in [6.07, 6.45) is 1.17. The van der Waals surface area contributed by atoms with Crippen LogP contribution in [0.5, 0.6) is 5.75 Å². The van der Waals surface area contributed by atoms with Crippen LogP contribution in [0.25, 0.3) is 0 Å². The van der Waals surface area contributed by atoms with Crippen LogP contribution in [-0.4, -0.2) is 37.6 Å². The molecule has 1 atom stereocenters. The van der Waals surface area contributed by atoms with Crippen LogP contribution in [0.4, 0.5) is 0 Å². The first-order valence-corrected chi connectivity index (χ1v) is 11.8. The Labute approximate surface area is 159 Å². The molecule has 8 heteroatoms. The van der Waals surface area contributed by atoms with Gasteiger partial charge in [-0.25, -0.2) is 4.67 Å². The molecule has 1 rings (SSSR count). The third-order valence-electron chi connectivity index (χ3n) is 3.69. The smallest absolute Gasteiger partial charge is 0.334 e. The highest BCUT2D eigenvalue weighted by atomic mass is 31.2. The van der Waals surface area contributed by atoms with Gasteiger partial charge in [-0.15, -0.1) is 0 Å². The summed E-state index contributed by atoms with van der Waals surface area (Å²) in [6.45, 7) is 11.3. The molecule has 26 heavy (non-hydrogen) atoms. The monoisotopic (exact) mass is 405 g/mol. The van der Waals surface area contributed by atoms with Crippen LogP contribution in [0, 0.1) is 0 Å². The summed E-state index contributed by atoms with van der Waals surface area (Å²) in [6, 6.07) is 8.12. The van der Waals surface area contributed by atoms with Crippen molar-refractivity contribution in [2.75, 3.05) is 20.8 Å². The van der Waals surface area contributed by atoms with E-state index in [2.05, 4.69) is 39.3 Å². The Hall–Kier alpha value is -0.480. The second-order valence-electron chi connectivity index (χ2n) is 6.51. The number of nitrogens with zero attached hydrogens (tertiary/aromatic N) is 1. The SMILES string of the molecule is CCCOP(Oc1ccc(CP(=O)(OC)OC)cc1)N(C(C)C)C(C)C. The molecule has 6 nitrogen and oxygen atoms in total. The molecule has 0 radical (unpaired) electrons. The number of benzene rings is 1. The molecule has 1 aromatic rings. The Bertz CT molecular complexity index is 549. The third-order valence-corrected chi connectivity index (χ3v) is 7.63. The van der Waals surface area contributed by atoms with Crippen LogP contribution >= 0.6 is 16.1 Å². The van der Waals surface area contributed by atoms with E-state index in [0.717, 1.165) is 17.7 Å². The van der Waals surface area contributed by atoms with Crippen molar-refractivity contribution in [2.45, 2.75) is 59.3 Å². The molecule has 0 saturated heterocycles. The minimum absolute atomic E-state index is 0.228. The normalized spacial score (nSPS) is 13.6. The molecule has 0 fully saturated rings. The van der Waals surface area contributed by atoms with E-state index in [1.165, 1.54) is 14.2 Å². The minimum Gasteiger partial charge on any atom is -0.436 e. The lowest BCUT2D eigenvalue weighted by molar-refractivity contribution is 0.217. The summed E-state index contributed by atoms with van der Waals surface area (Å²) in [5.41, 5.74) is 0.868. The molecule has 0 spiro atoms. The van der Waals surface area contributed by atoms with Gasteiger partial charge in [0.15, 0.2) is 0 Å². The zero-order valence-corrected chi connectivity index (χ0v) is 18.8. The maximum atomic E-state index is 12.2. The molecule has 1 aromatic carbocycles. The van der Waals surface area contributed by atoms with Gasteiger partial charge in [-0.3, -0.25) is 4.57 Å². The predicted octanol–water partition coefficient (Wildman–Crippen LogP) is 5.82. The van der Waals surface area contributed by atoms with E-state index in [4.69, 9.17) is 18.1 Å². The summed E-state index contributed by atoms with van der Waals surface area (Å²) < 4.78 is 36.7. The lowest BCUT2D eigenvalue weighted by Gasteiger charge is -2.35. The largest absolute Gasteiger partial charge is 0.436 e. The van der Waals surface area contributed by atoms with Crippen molar-refractivity contribution in [1.82, 2.24) is 4.67 Å². The summed E-state index contributed by atoms with van der Waals surface area (Å²) in [5, 5.41) is 0. The number of rotatable bonds is 12. The van der Waals surface area contributed by atoms with Crippen LogP contribution in [0.2, 0.25) is 0 Å². The van der Waals surface area contributed by atoms with E-state index in [9.17, 15) is 4.57 Å². The molecule has 1 unspecified atom stereocenters. The van der Waals surface area contributed by atoms with Crippen LogP contribution in [-0.2, 0) is 24.3 Å². The summed E-state index contributed by atoms with van der Waals surface area (Å²) in [4.78, 5) is 0. The van der Waals surface area contributed by atoms with Gasteiger partial charge in [0, 0.05) is 26.3 Å². The number of hydrogen-bond acceptors (Lipinski definition) is 6. The first-order valence-electron chi connectivity index (χ1n) is 8.95. The summed E-state index contributed by atoms with van der Waals surface area (Å²) >= 11 is 0. The van der Waals surface area contributed by atoms with Gasteiger partial charge in [0.25, 0.3) is 0 Å². The van der Waals surface area contributed by atoms with Crippen LogP contribution in [0.15, 0.2) is 24.3 Å². The Kier molecular flexibility index (Phi) is 10.3. The quantitative estimate of drug-likeness (QED) is 0.408. The van der Waals surface area contributed by atoms with Gasteiger partial charge in [0.05, 0.1) is 12.8 Å². The van der Waals surface area contributed by atoms with Crippen LogP contribution < -0.4 is 4.52 Å². The fourth-order valence-electron chi connectivity index (χ4n) is 2.46. The Morgan fingerprint density at radius 2 is 1.58 bits per heavy atom. The average molecular weight is 405 g/mol. The van der Waals surface area contributed by atoms with Crippen molar-refractivity contribution in [1.29, 1.82) is 0 Å². The molecule has 0 aliphatic rings. The fraction of sp³-hybridized carbons (Fsp3) is 0.667. The van der Waals surface area contributed by atoms with Crippen LogP contribution in [0.1, 0.15) is 46.6 Å². The van der Waals surface area contributed by atoms with Gasteiger partial charge in [0.1, 0.15) is 5.75 Å². The fourth-order valence-corrected chi connectivity index (χ4v) is 5.20. The second-order valence-corrected chi connectivity index (χ2v) is 10.2. The lowest BCUT2D eigenvalue weighted by Crippen LogP contribution is -2.34. The van der Waals surface area contributed by atoms with Crippen molar-refractivity contribution in [2.24, 2.45) is 0 Å². The van der Waals surface area contributed by atoms with Gasteiger partial charge in [-0.1, -0.05) is 19.1 Å². The van der Waals surface area contributed by atoms with E-state index in [1.807, 2.05) is 24.3 Å². The van der Waals surface area contributed by atoms with E-state index >= 15 is 0 Å². The van der Waals surface area contributed by atoms with Crippen molar-refractivity contribution < 1.29 is 22.7 Å². The zero-order valence-electron chi connectivity index (χ0n) is 17.0. The molecule has 0 aromatic heterocycles. The van der Waals surface area contributed by atoms with E-state index in [0.29, 0.717) is 18.7 Å². The Balaban J connectivity index is 2.89. The minimum atomic E-state index is -3.07. The Morgan fingerprint density at radius 3 is 2.00 bits per heavy atom. The van der Waals surface area contributed by atoms with Gasteiger partial charge >= 0.3 is 16.1 Å². The third kappa shape index (κ3) is 7.26. The topological polar surface area (TPSA) is 57.2 Å². The van der Waals surface area contributed by atoms with Gasteiger partial charge in [0.2, 0.25) is 0 Å². The molecule has 0 aliphatic heterocycles. The second kappa shape index (κ2) is 11.4. The van der Waals surface area contributed by atoms with Crippen molar-refractivity contribution >= 4 is 16.1 Å². The molecule has 0 bridgehead atoms. The molecular formula is C18H33NO5P2. The van der Waals surface area contributed by atoms with E-state index in [-0.39, 0.29) is 6.16 Å². The molecule has 0 amide bonds. The first-order chi connectivity index (χ1) is 12.3. The Morgan fingerprint density at radius 1 is 1.04 bits per heavy atom. The summed E-state index contributed by atoms with van der Waals surface area (Å²) in [5.74, 6) is 0.729. The highest BCUT2D eigenvalue weighted by Gasteiger charge is 2.28. The first kappa shape index (κ1) is 23.6. The van der Waals surface area contributed by atoms with Crippen LogP contribution in [0.3, 0.4) is 0 Å². The summed E-state index contributed by atoms with van der Waals surface area (Å²) in [7, 11) is -1.48. The standard InChI is InChI=1S/C18H33NO5P2/c1-8-13-23-25(19(15(2)3)16(4)5)24-18-11-9-17(10-12-18)14-26(20,21-6)22-7/h9-12,15-16H,8,13-14H2,1-7H3. The van der Waals surface area contributed by atoms with Gasteiger partial charge in [-0.05, 0) is 51.8 Å². The highest BCUT2D eigenvalue weighted by Crippen LogP contribution is 2.50. The molecule has 0 heterocycles. The van der Waals surface area contributed by atoms with E-state index < -0.39 is 16.1 Å². The maximum Gasteiger partial charge on any atom is 0.334 e. The lowest BCUT2D eigenvalue weighted by atomic mass is 10.2. The van der Waals surface area contributed by atoms with Crippen molar-refractivity contribution in [3.8, 4) is 5.75 Å². The molecular weight excluding hydrogens is 372 g/mol. The molecule has 0 aliphatic carbocycles. The van der Waals surface area contributed by atoms with Crippen molar-refractivity contribution in [3.05, 3.63) is 29.8 Å². The molecule has 0 saturated carbocycles. The van der Waals surface area contributed by atoms with Gasteiger partial charge in [-0.2, -0.15) is 0 Å². The maximum absolute atomic E-state index is 12.2. The number of hydrogen-bond donors (Lipinski definition) is 0. The van der Waals surface area contributed by atoms with Gasteiger partial charge < -0.3 is 18.1 Å². The van der Waals surface area contributed by atoms with E-state index in [1.54, 1.807) is 0 Å². The van der Waals surface area contributed by atoms with Crippen molar-refractivity contribution in [3.63, 3.8) is 0 Å². The molecule has 0 N–H and O–H groups in total. The predicted molar refractivity (Wildman–Crippen MR) is 108 cm³/mol. The molecule has 150 valence electrons. The zero-order chi connectivity index (χ0) is 19.7.